The third kappa shape index (κ3) is 26.1. The molecule has 12 unspecified atom stereocenters. The van der Waals surface area contributed by atoms with E-state index in [1.165, 1.54) is 276 Å². The van der Waals surface area contributed by atoms with Gasteiger partial charge in [-0.1, -0.05) is 178 Å². The number of rotatable bonds is 26. The number of hydrogen-bond donors (Lipinski definition) is 0. The summed E-state index contributed by atoms with van der Waals surface area (Å²) in [5.41, 5.74) is 0. The van der Waals surface area contributed by atoms with E-state index in [-0.39, 0.29) is 0 Å². The van der Waals surface area contributed by atoms with Gasteiger partial charge in [-0.15, -0.1) is 0 Å². The highest BCUT2D eigenvalue weighted by Gasteiger charge is 2.39. The lowest BCUT2D eigenvalue weighted by molar-refractivity contribution is -0.000824. The topological polar surface area (TPSA) is 36.9 Å². The first-order valence-corrected chi connectivity index (χ1v) is 38.3. The lowest BCUT2D eigenvalue weighted by atomic mass is 9.65. The summed E-state index contributed by atoms with van der Waals surface area (Å²) in [6.45, 7) is 28.9. The third-order valence-electron chi connectivity index (χ3n) is 24.7. The predicted octanol–water partition coefficient (Wildman–Crippen LogP) is 24.1. The molecule has 0 radical (unpaired) electrons. The van der Waals surface area contributed by atoms with Gasteiger partial charge in [-0.3, -0.25) is 0 Å². The Morgan fingerprint density at radius 1 is 0.268 bits per heavy atom. The van der Waals surface area contributed by atoms with Crippen LogP contribution in [0.4, 0.5) is 0 Å². The van der Waals surface area contributed by atoms with E-state index in [0.717, 1.165) is 115 Å². The molecule has 0 aromatic carbocycles. The van der Waals surface area contributed by atoms with Crippen LogP contribution in [0.5, 0.6) is 0 Å². The molecule has 8 aliphatic carbocycles. The van der Waals surface area contributed by atoms with Crippen molar-refractivity contribution >= 4 is 0 Å². The zero-order valence-electron chi connectivity index (χ0n) is 57.7. The van der Waals surface area contributed by atoms with Crippen LogP contribution in [0.3, 0.4) is 0 Å². The van der Waals surface area contributed by atoms with Crippen molar-refractivity contribution in [1.82, 2.24) is 0 Å². The Hall–Kier alpha value is -0.160. The predicted molar refractivity (Wildman–Crippen MR) is 357 cm³/mol. The van der Waals surface area contributed by atoms with Gasteiger partial charge in [-0.2, -0.15) is 0 Å². The summed E-state index contributed by atoms with van der Waals surface area (Å²) in [6, 6.07) is 0. The molecule has 0 N–H and O–H groups in total. The zero-order valence-corrected chi connectivity index (χ0v) is 57.7. The molecular weight excluding hydrogens is 1000 g/mol. The van der Waals surface area contributed by atoms with E-state index in [1.807, 2.05) is 7.11 Å². The van der Waals surface area contributed by atoms with Crippen molar-refractivity contribution < 1.29 is 18.9 Å². The number of ether oxygens (including phenoxy) is 4. The SMILES string of the molecule is CCCCC1CCC(C2CCC(OC)CC2)C(C)C1.CCCCC1CCC(C2CCC(OCC)CC2)C(C)C1.CCCCC1CCC(C2CCC(OCCC)CC2)C(C)C1.CCCCOC1CCC(C2CCC(CCCC)CC2C)CC1. The molecule has 0 aromatic heterocycles. The van der Waals surface area contributed by atoms with Crippen molar-refractivity contribution in [3.8, 4) is 0 Å². The minimum absolute atomic E-state index is 0.562. The van der Waals surface area contributed by atoms with Crippen LogP contribution in [0.25, 0.3) is 0 Å². The summed E-state index contributed by atoms with van der Waals surface area (Å²) in [4.78, 5) is 0. The van der Waals surface area contributed by atoms with Crippen LogP contribution < -0.4 is 0 Å². The van der Waals surface area contributed by atoms with Gasteiger partial charge in [0.1, 0.15) is 0 Å². The van der Waals surface area contributed by atoms with Crippen LogP contribution in [-0.4, -0.2) is 51.3 Å². The van der Waals surface area contributed by atoms with Crippen molar-refractivity contribution in [2.24, 2.45) is 94.7 Å². The second-order valence-electron chi connectivity index (χ2n) is 30.8. The fraction of sp³-hybridized carbons (Fsp3) is 1.00. The summed E-state index contributed by atoms with van der Waals surface area (Å²) in [5.74, 6) is 16.2. The highest BCUT2D eigenvalue weighted by Crippen LogP contribution is 2.49. The van der Waals surface area contributed by atoms with E-state index >= 15 is 0 Å². The molecule has 12 atom stereocenters. The Bertz CT molecular complexity index is 1480. The first-order valence-electron chi connectivity index (χ1n) is 38.3. The normalized spacial score (nSPS) is 38.2. The highest BCUT2D eigenvalue weighted by molar-refractivity contribution is 4.90. The minimum atomic E-state index is 0.562. The average molecular weight is 1150 g/mol. The van der Waals surface area contributed by atoms with Crippen LogP contribution in [0.15, 0.2) is 0 Å². The van der Waals surface area contributed by atoms with E-state index in [1.54, 1.807) is 0 Å². The maximum absolute atomic E-state index is 6.05. The molecule has 0 spiro atoms. The molecule has 8 fully saturated rings. The Labute approximate surface area is 514 Å². The van der Waals surface area contributed by atoms with Gasteiger partial charge in [0.15, 0.2) is 0 Å². The summed E-state index contributed by atoms with van der Waals surface area (Å²) in [6.07, 6.45) is 63.4. The van der Waals surface area contributed by atoms with Crippen LogP contribution in [0, 0.1) is 94.7 Å². The monoisotopic (exact) mass is 1150 g/mol. The van der Waals surface area contributed by atoms with Gasteiger partial charge in [0.25, 0.3) is 0 Å². The van der Waals surface area contributed by atoms with Crippen molar-refractivity contribution in [3.63, 3.8) is 0 Å². The van der Waals surface area contributed by atoms with Crippen LogP contribution >= 0.6 is 0 Å². The van der Waals surface area contributed by atoms with Gasteiger partial charge in [0.2, 0.25) is 0 Å². The highest BCUT2D eigenvalue weighted by atomic mass is 16.5. The number of unbranched alkanes of at least 4 members (excludes halogenated alkanes) is 5. The quantitative estimate of drug-likeness (QED) is 0.0809. The van der Waals surface area contributed by atoms with Gasteiger partial charge in [0.05, 0.1) is 24.4 Å². The maximum atomic E-state index is 6.05. The fourth-order valence-electron chi connectivity index (χ4n) is 19.7. The van der Waals surface area contributed by atoms with Crippen molar-refractivity contribution in [2.45, 2.75) is 377 Å². The van der Waals surface area contributed by atoms with E-state index in [9.17, 15) is 0 Å². The molecule has 0 aromatic rings. The molecule has 82 heavy (non-hydrogen) atoms. The molecule has 0 bridgehead atoms. The molecule has 4 nitrogen and oxygen atoms in total. The van der Waals surface area contributed by atoms with E-state index in [4.69, 9.17) is 18.9 Å². The molecule has 8 saturated carbocycles. The van der Waals surface area contributed by atoms with Gasteiger partial charge in [0, 0.05) is 26.9 Å². The summed E-state index contributed by atoms with van der Waals surface area (Å²) >= 11 is 0. The lowest BCUT2D eigenvalue weighted by Gasteiger charge is -2.41. The van der Waals surface area contributed by atoms with Crippen LogP contribution in [0.2, 0.25) is 0 Å². The molecule has 8 rings (SSSR count). The molecular formula is C78H148O4. The Morgan fingerprint density at radius 2 is 0.537 bits per heavy atom. The van der Waals surface area contributed by atoms with Gasteiger partial charge in [-0.25, -0.2) is 0 Å². The standard InChI is InChI=1S/C21H40O.C20H38O.C19H36O.C18H34O/c1-4-6-8-18-9-14-21(17(3)16-18)19-10-12-20(13-11-19)22-15-7-5-2;1-4-6-7-17-8-13-20(16(3)15-17)18-9-11-19(12-10-18)21-14-5-2;1-4-6-7-16-8-13-19(15(3)14-16)17-9-11-18(12-10-17)20-5-2;1-4-5-6-15-7-12-18(14(2)13-15)16-8-10-17(19-3)11-9-16/h17-21H,4-16H2,1-3H3;16-20H,4-15H2,1-3H3;15-19H,4-14H2,1-3H3;14-18H,4-13H2,1-3H3. The summed E-state index contributed by atoms with van der Waals surface area (Å²) in [5, 5.41) is 0. The third-order valence-corrected chi connectivity index (χ3v) is 24.7. The zero-order chi connectivity index (χ0) is 58.9. The van der Waals surface area contributed by atoms with E-state index in [0.29, 0.717) is 24.4 Å². The first kappa shape index (κ1) is 72.6. The molecule has 484 valence electrons. The minimum Gasteiger partial charge on any atom is -0.381 e. The van der Waals surface area contributed by atoms with E-state index < -0.39 is 0 Å². The Morgan fingerprint density at radius 3 is 0.780 bits per heavy atom. The molecule has 0 saturated heterocycles. The lowest BCUT2D eigenvalue weighted by Crippen LogP contribution is -2.33. The molecule has 0 heterocycles. The van der Waals surface area contributed by atoms with Crippen molar-refractivity contribution in [1.29, 1.82) is 0 Å². The van der Waals surface area contributed by atoms with E-state index in [2.05, 4.69) is 76.2 Å². The van der Waals surface area contributed by atoms with Crippen LogP contribution in [-0.2, 0) is 18.9 Å². The largest absolute Gasteiger partial charge is 0.381 e. The van der Waals surface area contributed by atoms with Crippen LogP contribution in [0.1, 0.15) is 352 Å². The van der Waals surface area contributed by atoms with Gasteiger partial charge < -0.3 is 18.9 Å². The smallest absolute Gasteiger partial charge is 0.0575 e. The maximum Gasteiger partial charge on any atom is 0.0575 e. The second-order valence-corrected chi connectivity index (χ2v) is 30.8. The van der Waals surface area contributed by atoms with Gasteiger partial charge in [-0.05, 0) is 269 Å². The van der Waals surface area contributed by atoms with Crippen molar-refractivity contribution in [3.05, 3.63) is 0 Å². The molecule has 0 amide bonds. The molecule has 4 heteroatoms. The van der Waals surface area contributed by atoms with Crippen molar-refractivity contribution in [2.75, 3.05) is 26.9 Å². The summed E-state index contributed by atoms with van der Waals surface area (Å²) < 4.78 is 23.3. The average Bonchev–Trinajstić information content (AvgIpc) is 3.56. The first-order chi connectivity index (χ1) is 40.0. The Kier molecular flexibility index (Phi) is 37.8. The number of hydrogen-bond acceptors (Lipinski definition) is 4. The molecule has 8 aliphatic rings. The number of methoxy groups -OCH3 is 1. The Balaban J connectivity index is 0.000000201. The molecule has 0 aliphatic heterocycles. The summed E-state index contributed by atoms with van der Waals surface area (Å²) in [7, 11) is 1.88. The fourth-order valence-corrected chi connectivity index (χ4v) is 19.7. The second kappa shape index (κ2) is 42.7. The van der Waals surface area contributed by atoms with Gasteiger partial charge >= 0.3 is 0 Å².